The molecule has 2 aromatic carbocycles. The number of thiocarbonyl (C=S) groups is 2. The van der Waals surface area contributed by atoms with Gasteiger partial charge < -0.3 is 9.80 Å². The molecule has 0 saturated carbocycles. The van der Waals surface area contributed by atoms with Crippen LogP contribution in [0.5, 0.6) is 0 Å². The second-order valence-electron chi connectivity index (χ2n) is 8.48. The molecule has 0 spiro atoms. The zero-order valence-electron chi connectivity index (χ0n) is 17.7. The van der Waals surface area contributed by atoms with Crippen LogP contribution in [0.4, 0.5) is 0 Å². The molecule has 164 valence electrons. The monoisotopic (exact) mass is 498 g/mol. The molecule has 0 amide bonds. The molecule has 0 radical (unpaired) electrons. The fraction of sp³-hybridized carbons (Fsp3) is 0.308. The van der Waals surface area contributed by atoms with E-state index in [9.17, 15) is 0 Å². The van der Waals surface area contributed by atoms with E-state index in [0.717, 1.165) is 94.2 Å². The average Bonchev–Trinajstić information content (AvgIpc) is 2.84. The summed E-state index contributed by atoms with van der Waals surface area (Å²) in [5.74, 6) is 0. The van der Waals surface area contributed by atoms with E-state index in [4.69, 9.17) is 47.6 Å². The quantitative estimate of drug-likeness (QED) is 0.438. The lowest BCUT2D eigenvalue weighted by molar-refractivity contribution is 0.264. The summed E-state index contributed by atoms with van der Waals surface area (Å²) in [6.45, 7) is 3.37. The van der Waals surface area contributed by atoms with Crippen LogP contribution in [0.15, 0.2) is 59.7 Å². The number of nitrogens with zero attached hydrogens (tertiary/aromatic N) is 2. The van der Waals surface area contributed by atoms with Crippen LogP contribution in [0.25, 0.3) is 10.1 Å². The number of hydrogen-bond acceptors (Lipinski definition) is 2. The van der Waals surface area contributed by atoms with E-state index in [1.807, 2.05) is 12.1 Å². The van der Waals surface area contributed by atoms with E-state index in [1.165, 1.54) is 11.1 Å². The number of piperazine rings is 1. The largest absolute Gasteiger partial charge is 0.359 e. The summed E-state index contributed by atoms with van der Waals surface area (Å²) in [6.07, 6.45) is 3.77. The Balaban J connectivity index is 1.28. The number of benzene rings is 2. The normalized spacial score (nSPS) is 18.4. The Bertz CT molecular complexity index is 1070. The van der Waals surface area contributed by atoms with E-state index in [2.05, 4.69) is 46.2 Å². The summed E-state index contributed by atoms with van der Waals surface area (Å²) >= 11 is 25.3. The molecule has 6 heteroatoms. The average molecular weight is 500 g/mol. The van der Waals surface area contributed by atoms with Crippen molar-refractivity contribution in [1.82, 2.24) is 9.80 Å². The second-order valence-corrected chi connectivity index (χ2v) is 10.0. The van der Waals surface area contributed by atoms with E-state index in [0.29, 0.717) is 0 Å². The van der Waals surface area contributed by atoms with Crippen LogP contribution in [-0.4, -0.2) is 46.0 Å². The van der Waals surface area contributed by atoms with Crippen LogP contribution >= 0.6 is 47.6 Å². The van der Waals surface area contributed by atoms with Crippen molar-refractivity contribution in [3.8, 4) is 0 Å². The zero-order valence-corrected chi connectivity index (χ0v) is 20.9. The highest BCUT2D eigenvalue weighted by Crippen LogP contribution is 2.37. The van der Waals surface area contributed by atoms with Crippen LogP contribution in [0.3, 0.4) is 0 Å². The smallest absolute Gasteiger partial charge is 0.106 e. The number of rotatable bonds is 2. The molecular weight excluding hydrogens is 475 g/mol. The molecule has 0 aromatic heterocycles. The highest BCUT2D eigenvalue weighted by molar-refractivity contribution is 7.81. The lowest BCUT2D eigenvalue weighted by Crippen LogP contribution is -2.50. The number of fused-ring (bicyclic) bond motifs is 2. The number of halogens is 2. The summed E-state index contributed by atoms with van der Waals surface area (Å²) in [6, 6.07) is 16.7. The molecule has 0 unspecified atom stereocenters. The highest BCUT2D eigenvalue weighted by Gasteiger charge is 2.28. The Kier molecular flexibility index (Phi) is 6.39. The van der Waals surface area contributed by atoms with Crippen LogP contribution < -0.4 is 0 Å². The molecule has 1 heterocycles. The first-order valence-corrected chi connectivity index (χ1v) is 12.6. The fourth-order valence-electron chi connectivity index (χ4n) is 4.86. The Morgan fingerprint density at radius 3 is 1.38 bits per heavy atom. The topological polar surface area (TPSA) is 6.48 Å². The Morgan fingerprint density at radius 1 is 0.594 bits per heavy atom. The minimum absolute atomic E-state index is 0.813. The van der Waals surface area contributed by atoms with E-state index < -0.39 is 0 Å². The lowest BCUT2D eigenvalue weighted by atomic mass is 9.91. The third-order valence-corrected chi connectivity index (χ3v) is 8.57. The predicted octanol–water partition coefficient (Wildman–Crippen LogP) is 6.45. The first-order chi connectivity index (χ1) is 15.5. The minimum atomic E-state index is 0.813. The molecule has 1 aliphatic heterocycles. The van der Waals surface area contributed by atoms with Gasteiger partial charge >= 0.3 is 0 Å². The van der Waals surface area contributed by atoms with E-state index >= 15 is 0 Å². The SMILES string of the molecule is S=C(C1=C(Cl)c2ccccc2CC1)N1CCN(C(=S)C2=C(Cl)c3ccccc3CC2)CC1. The molecule has 3 aliphatic rings. The summed E-state index contributed by atoms with van der Waals surface area (Å²) in [4.78, 5) is 6.34. The zero-order chi connectivity index (χ0) is 22.2. The molecule has 5 rings (SSSR count). The van der Waals surface area contributed by atoms with Crippen LogP contribution in [0, 0.1) is 0 Å². The molecule has 0 bridgehead atoms. The van der Waals surface area contributed by atoms with Crippen LogP contribution in [0.2, 0.25) is 0 Å². The van der Waals surface area contributed by atoms with Gasteiger partial charge in [-0.25, -0.2) is 0 Å². The summed E-state index contributed by atoms with van der Waals surface area (Å²) in [5, 5.41) is 1.63. The molecule has 0 N–H and O–H groups in total. The van der Waals surface area contributed by atoms with Gasteiger partial charge in [0.15, 0.2) is 0 Å². The van der Waals surface area contributed by atoms with Crippen molar-refractivity contribution < 1.29 is 0 Å². The van der Waals surface area contributed by atoms with Gasteiger partial charge in [-0.1, -0.05) is 96.2 Å². The Morgan fingerprint density at radius 2 is 0.969 bits per heavy atom. The van der Waals surface area contributed by atoms with Crippen molar-refractivity contribution in [2.75, 3.05) is 26.2 Å². The number of hydrogen-bond donors (Lipinski definition) is 0. The molecule has 32 heavy (non-hydrogen) atoms. The van der Waals surface area contributed by atoms with Gasteiger partial charge in [0, 0.05) is 37.3 Å². The summed E-state index contributed by atoms with van der Waals surface area (Å²) in [5.41, 5.74) is 7.06. The molecule has 1 saturated heterocycles. The first-order valence-electron chi connectivity index (χ1n) is 11.1. The molecule has 0 atom stereocenters. The number of aryl methyl sites for hydroxylation is 2. The van der Waals surface area contributed by atoms with Crippen LogP contribution in [0.1, 0.15) is 35.1 Å². The van der Waals surface area contributed by atoms with Crippen molar-refractivity contribution in [1.29, 1.82) is 0 Å². The third kappa shape index (κ3) is 4.03. The van der Waals surface area contributed by atoms with E-state index in [1.54, 1.807) is 0 Å². The standard InChI is InChI=1S/C26H24Cl2N2S2/c27-23-19-7-3-1-5-17(19)9-11-21(23)25(31)29-13-15-30(16-14-29)26(32)22-12-10-18-6-2-4-8-20(18)24(22)28/h1-8H,9-16H2. The van der Waals surface area contributed by atoms with Crippen molar-refractivity contribution >= 4 is 67.7 Å². The molecule has 2 aliphatic carbocycles. The lowest BCUT2D eigenvalue weighted by Gasteiger charge is -2.39. The van der Waals surface area contributed by atoms with Gasteiger partial charge in [0.25, 0.3) is 0 Å². The van der Waals surface area contributed by atoms with E-state index in [-0.39, 0.29) is 0 Å². The summed E-state index contributed by atoms with van der Waals surface area (Å²) < 4.78 is 0. The molecule has 2 aromatic rings. The maximum absolute atomic E-state index is 6.78. The fourth-order valence-corrected chi connectivity index (χ4v) is 6.49. The first kappa shape index (κ1) is 22.1. The Labute approximate surface area is 210 Å². The molecule has 2 nitrogen and oxygen atoms in total. The van der Waals surface area contributed by atoms with Crippen molar-refractivity contribution in [2.45, 2.75) is 25.7 Å². The van der Waals surface area contributed by atoms with Gasteiger partial charge in [-0.3, -0.25) is 0 Å². The maximum Gasteiger partial charge on any atom is 0.106 e. The molecular formula is C26H24Cl2N2S2. The highest BCUT2D eigenvalue weighted by atomic mass is 35.5. The predicted molar refractivity (Wildman–Crippen MR) is 143 cm³/mol. The van der Waals surface area contributed by atoms with Crippen molar-refractivity contribution in [2.24, 2.45) is 0 Å². The van der Waals surface area contributed by atoms with Gasteiger partial charge in [0.1, 0.15) is 9.98 Å². The van der Waals surface area contributed by atoms with Gasteiger partial charge in [-0.2, -0.15) is 0 Å². The van der Waals surface area contributed by atoms with Crippen molar-refractivity contribution in [3.63, 3.8) is 0 Å². The second kappa shape index (κ2) is 9.26. The van der Waals surface area contributed by atoms with Gasteiger partial charge in [0.2, 0.25) is 0 Å². The van der Waals surface area contributed by atoms with Gasteiger partial charge in [-0.05, 0) is 47.9 Å². The molecule has 1 fully saturated rings. The van der Waals surface area contributed by atoms with Gasteiger partial charge in [0.05, 0.1) is 10.1 Å². The summed E-state index contributed by atoms with van der Waals surface area (Å²) in [7, 11) is 0. The minimum Gasteiger partial charge on any atom is -0.359 e. The van der Waals surface area contributed by atoms with Gasteiger partial charge in [-0.15, -0.1) is 0 Å². The van der Waals surface area contributed by atoms with Crippen LogP contribution in [-0.2, 0) is 12.8 Å². The van der Waals surface area contributed by atoms with Crippen molar-refractivity contribution in [3.05, 3.63) is 81.9 Å². The maximum atomic E-state index is 6.78. The Hall–Kier alpha value is -1.72. The third-order valence-electron chi connectivity index (χ3n) is 6.70.